The molecule has 0 saturated carbocycles. The van der Waals surface area contributed by atoms with E-state index >= 15 is 0 Å². The molecule has 2 heteroatoms. The fourth-order valence-corrected chi connectivity index (χ4v) is 1.41. The van der Waals surface area contributed by atoms with Crippen molar-refractivity contribution in [1.29, 1.82) is 0 Å². The topological polar surface area (TPSA) is 32.6 Å². The van der Waals surface area contributed by atoms with E-state index in [1.165, 1.54) is 19.3 Å². The monoisotopic (exact) mass is 211 g/mol. The predicted octanol–water partition coefficient (Wildman–Crippen LogP) is 4.39. The van der Waals surface area contributed by atoms with Crippen LogP contribution in [0.4, 0.5) is 0 Å². The number of rotatable bonds is 8. The number of allylic oxidation sites excluding steroid dienone is 2. The molecule has 0 amide bonds. The molecule has 0 aromatic heterocycles. The van der Waals surface area contributed by atoms with Gasteiger partial charge in [-0.3, -0.25) is 0 Å². The third-order valence-corrected chi connectivity index (χ3v) is 2.49. The van der Waals surface area contributed by atoms with Crippen molar-refractivity contribution >= 4 is 5.71 Å². The molecule has 0 rings (SSSR count). The van der Waals surface area contributed by atoms with Crippen molar-refractivity contribution in [3.05, 3.63) is 12.2 Å². The van der Waals surface area contributed by atoms with Crippen LogP contribution in [0.3, 0.4) is 0 Å². The molecule has 88 valence electrons. The summed E-state index contributed by atoms with van der Waals surface area (Å²) in [6.45, 7) is 6.33. The van der Waals surface area contributed by atoms with Gasteiger partial charge < -0.3 is 5.21 Å². The SMILES string of the molecule is CCCCC=CCCCC(=NO)C(C)C. The van der Waals surface area contributed by atoms with Gasteiger partial charge in [-0.05, 0) is 31.6 Å². The summed E-state index contributed by atoms with van der Waals surface area (Å²) < 4.78 is 0. The van der Waals surface area contributed by atoms with E-state index in [1.807, 2.05) is 0 Å². The van der Waals surface area contributed by atoms with Crippen molar-refractivity contribution in [1.82, 2.24) is 0 Å². The van der Waals surface area contributed by atoms with E-state index in [1.54, 1.807) is 0 Å². The normalized spacial score (nSPS) is 12.9. The van der Waals surface area contributed by atoms with Crippen LogP contribution in [0, 0.1) is 5.92 Å². The summed E-state index contributed by atoms with van der Waals surface area (Å²) in [5.41, 5.74) is 0.914. The van der Waals surface area contributed by atoms with Gasteiger partial charge in [0.15, 0.2) is 0 Å². The maximum Gasteiger partial charge on any atom is 0.0596 e. The lowest BCUT2D eigenvalue weighted by Gasteiger charge is -2.05. The van der Waals surface area contributed by atoms with Crippen LogP contribution in [0.2, 0.25) is 0 Å². The number of hydrogen-bond donors (Lipinski definition) is 1. The van der Waals surface area contributed by atoms with Crippen LogP contribution >= 0.6 is 0 Å². The van der Waals surface area contributed by atoms with Crippen LogP contribution in [-0.4, -0.2) is 10.9 Å². The molecule has 2 nitrogen and oxygen atoms in total. The zero-order valence-corrected chi connectivity index (χ0v) is 10.4. The molecule has 0 spiro atoms. The Bertz CT molecular complexity index is 195. The standard InChI is InChI=1S/C13H25NO/c1-4-5-6-7-8-9-10-11-13(14-15)12(2)3/h7-8,12,15H,4-6,9-11H2,1-3H3. The van der Waals surface area contributed by atoms with Gasteiger partial charge in [0.2, 0.25) is 0 Å². The molecule has 0 radical (unpaired) electrons. The fraction of sp³-hybridized carbons (Fsp3) is 0.769. The Balaban J connectivity index is 3.49. The Hall–Kier alpha value is -0.790. The molecule has 0 saturated heterocycles. The third-order valence-electron chi connectivity index (χ3n) is 2.49. The average Bonchev–Trinajstić information content (AvgIpc) is 2.21. The molecule has 1 N–H and O–H groups in total. The Morgan fingerprint density at radius 2 is 1.80 bits per heavy atom. The fourth-order valence-electron chi connectivity index (χ4n) is 1.41. The minimum absolute atomic E-state index is 0.360. The molecule has 0 atom stereocenters. The average molecular weight is 211 g/mol. The van der Waals surface area contributed by atoms with E-state index in [4.69, 9.17) is 5.21 Å². The Labute approximate surface area is 94.1 Å². The number of nitrogens with zero attached hydrogens (tertiary/aromatic N) is 1. The minimum Gasteiger partial charge on any atom is -0.411 e. The number of unbranched alkanes of at least 4 members (excludes halogenated alkanes) is 3. The molecular weight excluding hydrogens is 186 g/mol. The van der Waals surface area contributed by atoms with Crippen molar-refractivity contribution in [2.75, 3.05) is 0 Å². The van der Waals surface area contributed by atoms with Gasteiger partial charge in [-0.15, -0.1) is 0 Å². The van der Waals surface area contributed by atoms with Gasteiger partial charge in [-0.1, -0.05) is 50.9 Å². The van der Waals surface area contributed by atoms with Gasteiger partial charge in [0.05, 0.1) is 5.71 Å². The van der Waals surface area contributed by atoms with E-state index in [2.05, 4.69) is 38.1 Å². The second-order valence-corrected chi connectivity index (χ2v) is 4.25. The van der Waals surface area contributed by atoms with Crippen LogP contribution in [0.5, 0.6) is 0 Å². The molecule has 0 bridgehead atoms. The second-order valence-electron chi connectivity index (χ2n) is 4.25. The summed E-state index contributed by atoms with van der Waals surface area (Å²) in [7, 11) is 0. The van der Waals surface area contributed by atoms with E-state index in [-0.39, 0.29) is 0 Å². The first-order chi connectivity index (χ1) is 7.22. The summed E-state index contributed by atoms with van der Waals surface area (Å²) in [4.78, 5) is 0. The molecule has 0 aliphatic rings. The molecule has 0 aliphatic heterocycles. The van der Waals surface area contributed by atoms with Gasteiger partial charge in [0.1, 0.15) is 0 Å². The summed E-state index contributed by atoms with van der Waals surface area (Å²) in [6, 6.07) is 0. The van der Waals surface area contributed by atoms with Gasteiger partial charge in [0, 0.05) is 0 Å². The van der Waals surface area contributed by atoms with Crippen molar-refractivity contribution in [3.63, 3.8) is 0 Å². The van der Waals surface area contributed by atoms with Crippen LogP contribution < -0.4 is 0 Å². The number of hydrogen-bond acceptors (Lipinski definition) is 2. The van der Waals surface area contributed by atoms with Crippen molar-refractivity contribution < 1.29 is 5.21 Å². The highest BCUT2D eigenvalue weighted by Gasteiger charge is 2.04. The molecule has 0 aromatic carbocycles. The first kappa shape index (κ1) is 14.2. The van der Waals surface area contributed by atoms with Crippen LogP contribution in [0.25, 0.3) is 0 Å². The lowest BCUT2D eigenvalue weighted by Crippen LogP contribution is -2.06. The van der Waals surface area contributed by atoms with Crippen LogP contribution in [0.15, 0.2) is 17.3 Å². The van der Waals surface area contributed by atoms with E-state index in [0.29, 0.717) is 5.92 Å². The Kier molecular flexibility index (Phi) is 9.24. The minimum atomic E-state index is 0.360. The summed E-state index contributed by atoms with van der Waals surface area (Å²) >= 11 is 0. The quantitative estimate of drug-likeness (QED) is 0.209. The third kappa shape index (κ3) is 8.22. The van der Waals surface area contributed by atoms with Gasteiger partial charge in [0.25, 0.3) is 0 Å². The summed E-state index contributed by atoms with van der Waals surface area (Å²) in [5, 5.41) is 12.1. The van der Waals surface area contributed by atoms with Gasteiger partial charge in [-0.2, -0.15) is 0 Å². The molecule has 0 fully saturated rings. The van der Waals surface area contributed by atoms with E-state index in [9.17, 15) is 0 Å². The van der Waals surface area contributed by atoms with Crippen molar-refractivity contribution in [2.24, 2.45) is 11.1 Å². The zero-order chi connectivity index (χ0) is 11.5. The molecule has 0 aliphatic carbocycles. The molecule has 15 heavy (non-hydrogen) atoms. The molecule has 0 heterocycles. The van der Waals surface area contributed by atoms with Gasteiger partial charge >= 0.3 is 0 Å². The van der Waals surface area contributed by atoms with Crippen molar-refractivity contribution in [3.8, 4) is 0 Å². The molecule has 0 unspecified atom stereocenters. The highest BCUT2D eigenvalue weighted by molar-refractivity contribution is 5.85. The lowest BCUT2D eigenvalue weighted by atomic mass is 10.0. The van der Waals surface area contributed by atoms with E-state index in [0.717, 1.165) is 25.0 Å². The van der Waals surface area contributed by atoms with E-state index < -0.39 is 0 Å². The first-order valence-corrected chi connectivity index (χ1v) is 6.08. The van der Waals surface area contributed by atoms with Crippen molar-refractivity contribution in [2.45, 2.75) is 59.3 Å². The summed E-state index contributed by atoms with van der Waals surface area (Å²) in [5.74, 6) is 0.360. The lowest BCUT2D eigenvalue weighted by molar-refractivity contribution is 0.314. The largest absolute Gasteiger partial charge is 0.411 e. The maximum absolute atomic E-state index is 8.74. The highest BCUT2D eigenvalue weighted by Crippen LogP contribution is 2.07. The maximum atomic E-state index is 8.74. The van der Waals surface area contributed by atoms with Gasteiger partial charge in [-0.25, -0.2) is 0 Å². The van der Waals surface area contributed by atoms with Crippen LogP contribution in [0.1, 0.15) is 59.3 Å². The molecular formula is C13H25NO. The predicted molar refractivity (Wildman–Crippen MR) is 66.6 cm³/mol. The second kappa shape index (κ2) is 9.75. The van der Waals surface area contributed by atoms with Crippen LogP contribution in [-0.2, 0) is 0 Å². The zero-order valence-electron chi connectivity index (χ0n) is 10.4. The summed E-state index contributed by atoms with van der Waals surface area (Å²) in [6.07, 6.45) is 11.3. The highest BCUT2D eigenvalue weighted by atomic mass is 16.4. The Morgan fingerprint density at radius 1 is 1.20 bits per heavy atom. The first-order valence-electron chi connectivity index (χ1n) is 6.08. The Morgan fingerprint density at radius 3 is 2.27 bits per heavy atom. The smallest absolute Gasteiger partial charge is 0.0596 e. The molecule has 0 aromatic rings. The number of oxime groups is 1.